The first-order chi connectivity index (χ1) is 5.22. The molecule has 0 spiro atoms. The van der Waals surface area contributed by atoms with E-state index in [1.54, 1.807) is 0 Å². The Bertz CT molecular complexity index is 148. The third kappa shape index (κ3) is 11.5. The van der Waals surface area contributed by atoms with Crippen LogP contribution in [0.1, 0.15) is 6.42 Å². The van der Waals surface area contributed by atoms with Gasteiger partial charge in [-0.25, -0.2) is 0 Å². The van der Waals surface area contributed by atoms with Crippen LogP contribution >= 0.6 is 0 Å². The van der Waals surface area contributed by atoms with Crippen molar-refractivity contribution in [3.8, 4) is 0 Å². The largest absolute Gasteiger partial charge is 0.821 e. The van der Waals surface area contributed by atoms with E-state index in [-0.39, 0.29) is 83.2 Å². The van der Waals surface area contributed by atoms with E-state index in [0.29, 0.717) is 13.0 Å². The summed E-state index contributed by atoms with van der Waals surface area (Å²) in [6, 6.07) is 0. The summed E-state index contributed by atoms with van der Waals surface area (Å²) in [5, 5.41) is 10.9. The third-order valence-corrected chi connectivity index (χ3v) is 1.09. The first kappa shape index (κ1) is 20.0. The fraction of sp³-hybridized carbons (Fsp3) is 0.500. The number of aliphatic hydroxyl groups is 1. The maximum atomic E-state index is 10.2. The molecular formula is C6H8NO3SY2-3. The van der Waals surface area contributed by atoms with Crippen LogP contribution in [0.2, 0.25) is 0 Å². The van der Waals surface area contributed by atoms with Gasteiger partial charge in [0.15, 0.2) is 0 Å². The third-order valence-electron chi connectivity index (χ3n) is 0.968. The molecule has 0 aromatic heterocycles. The Morgan fingerprint density at radius 2 is 2.08 bits per heavy atom. The summed E-state index contributed by atoms with van der Waals surface area (Å²) in [7, 11) is 0. The molecule has 1 aliphatic heterocycles. The maximum Gasteiger partial charge on any atom is 0.109 e. The average Bonchev–Trinajstić information content (AvgIpc) is 2.37. The first-order valence-electron chi connectivity index (χ1n) is 2.98. The van der Waals surface area contributed by atoms with Crippen molar-refractivity contribution >= 4 is 24.8 Å². The van der Waals surface area contributed by atoms with Crippen molar-refractivity contribution in [3.63, 3.8) is 0 Å². The molecule has 2 N–H and O–H groups in total. The van der Waals surface area contributed by atoms with Crippen LogP contribution in [-0.2, 0) is 87.6 Å². The fourth-order valence-corrected chi connectivity index (χ4v) is 0.510. The van der Waals surface area contributed by atoms with Crippen LogP contribution in [0.15, 0.2) is 0 Å². The number of rotatable bonds is 1. The van der Waals surface area contributed by atoms with Gasteiger partial charge in [0.05, 0.1) is 0 Å². The molecule has 0 aromatic carbocycles. The molecule has 1 aliphatic rings. The molecule has 1 saturated heterocycles. The minimum Gasteiger partial charge on any atom is -0.821 e. The number of amides is 1. The number of carbonyl (C=O) groups excluding carboxylic acids is 2. The molecule has 1 amide bonds. The van der Waals surface area contributed by atoms with Crippen LogP contribution in [0.4, 0.5) is 0 Å². The quantitative estimate of drug-likeness (QED) is 0.472. The van der Waals surface area contributed by atoms with E-state index >= 15 is 0 Å². The van der Waals surface area contributed by atoms with E-state index in [1.807, 2.05) is 0 Å². The van der Waals surface area contributed by atoms with Crippen molar-refractivity contribution in [2.24, 2.45) is 0 Å². The monoisotopic (exact) mass is 352 g/mol. The Kier molecular flexibility index (Phi) is 20.8. The van der Waals surface area contributed by atoms with Crippen LogP contribution in [-0.4, -0.2) is 29.6 Å². The second-order valence-corrected chi connectivity index (χ2v) is 2.03. The van der Waals surface area contributed by atoms with Crippen LogP contribution in [0.25, 0.3) is 0 Å². The molecule has 2 radical (unpaired) electrons. The molecule has 0 aromatic rings. The minimum atomic E-state index is -0.319. The number of hydrogen-bond donors (Lipinski definition) is 2. The second kappa shape index (κ2) is 13.5. The van der Waals surface area contributed by atoms with Gasteiger partial charge in [-0.1, -0.05) is 0 Å². The number of aliphatic hydroxyl groups excluding tert-OH is 1. The zero-order valence-corrected chi connectivity index (χ0v) is 13.4. The average molecular weight is 352 g/mol. The van der Waals surface area contributed by atoms with Gasteiger partial charge in [0.1, 0.15) is 5.91 Å². The zero-order valence-electron chi connectivity index (χ0n) is 6.95. The van der Waals surface area contributed by atoms with E-state index in [1.165, 1.54) is 6.29 Å². The summed E-state index contributed by atoms with van der Waals surface area (Å²) in [5.74, 6) is -0.222. The van der Waals surface area contributed by atoms with Crippen molar-refractivity contribution in [2.45, 2.75) is 6.42 Å². The van der Waals surface area contributed by atoms with E-state index in [0.717, 1.165) is 0 Å². The summed E-state index contributed by atoms with van der Waals surface area (Å²) in [6.07, 6.45) is 1.94. The Labute approximate surface area is 133 Å². The summed E-state index contributed by atoms with van der Waals surface area (Å²) in [6.45, 7) is 0.588. The molecule has 7 heteroatoms. The molecule has 70 valence electrons. The van der Waals surface area contributed by atoms with Crippen LogP contribution in [0.5, 0.6) is 0 Å². The molecule has 1 heterocycles. The van der Waals surface area contributed by atoms with Gasteiger partial charge in [0, 0.05) is 65.4 Å². The number of hydrogen-bond acceptors (Lipinski definition) is 4. The van der Waals surface area contributed by atoms with E-state index in [2.05, 4.69) is 17.9 Å². The van der Waals surface area contributed by atoms with Crippen LogP contribution in [0.3, 0.4) is 0 Å². The van der Waals surface area contributed by atoms with E-state index < -0.39 is 0 Å². The number of carbonyl (C=O) groups is 1. The van der Waals surface area contributed by atoms with Crippen molar-refractivity contribution in [1.29, 1.82) is 0 Å². The smallest absolute Gasteiger partial charge is 0.109 e. The maximum absolute atomic E-state index is 10.2. The summed E-state index contributed by atoms with van der Waals surface area (Å²) in [5.41, 5.74) is 0. The minimum absolute atomic E-state index is 0. The van der Waals surface area contributed by atoms with E-state index in [9.17, 15) is 4.79 Å². The predicted octanol–water partition coefficient (Wildman–Crippen LogP) is -0.951. The van der Waals surface area contributed by atoms with Gasteiger partial charge < -0.3 is 32.6 Å². The van der Waals surface area contributed by atoms with Gasteiger partial charge in [-0.2, -0.15) is 6.10 Å². The van der Waals surface area contributed by atoms with Gasteiger partial charge in [0.25, 0.3) is 0 Å². The fourth-order valence-electron chi connectivity index (χ4n) is 0.510. The van der Waals surface area contributed by atoms with Crippen molar-refractivity contribution < 1.29 is 80.1 Å². The van der Waals surface area contributed by atoms with Gasteiger partial charge in [-0.15, -0.1) is 6.42 Å². The zero-order chi connectivity index (χ0) is 8.69. The second-order valence-electron chi connectivity index (χ2n) is 1.74. The Morgan fingerprint density at radius 1 is 1.62 bits per heavy atom. The summed E-state index contributed by atoms with van der Waals surface area (Å²) < 4.78 is 0. The Morgan fingerprint density at radius 3 is 2.15 bits per heavy atom. The molecule has 13 heavy (non-hydrogen) atoms. The molecule has 0 atom stereocenters. The molecular weight excluding hydrogens is 344 g/mol. The number of nitrogens with one attached hydrogen (secondary N) is 1. The van der Waals surface area contributed by atoms with Gasteiger partial charge >= 0.3 is 0 Å². The van der Waals surface area contributed by atoms with Crippen LogP contribution in [0, 0.1) is 6.10 Å². The molecule has 0 aliphatic carbocycles. The molecule has 1 rings (SSSR count). The normalized spacial score (nSPS) is 12.8. The topological polar surface area (TPSA) is 66.4 Å². The van der Waals surface area contributed by atoms with Crippen molar-refractivity contribution in [1.82, 2.24) is 5.32 Å². The molecule has 0 saturated carbocycles. The summed E-state index contributed by atoms with van der Waals surface area (Å²) >= 11 is 4.13. The summed E-state index contributed by atoms with van der Waals surface area (Å²) in [4.78, 5) is 19.1. The predicted molar refractivity (Wildman–Crippen MR) is 40.7 cm³/mol. The standard InChI is InChI=1S/C4H6NO2.C2H3OS.2Y/c6-3-1-2-5-4(3)7;3-1-2-4;;/h6H,1-2H2,(H,5,7);4H,2H2;;/q2*-1;;/p-1. The van der Waals surface area contributed by atoms with E-state index in [4.69, 9.17) is 9.90 Å². The Hall–Kier alpha value is 1.53. The first-order valence-corrected chi connectivity index (χ1v) is 3.56. The van der Waals surface area contributed by atoms with Crippen LogP contribution < -0.4 is 5.32 Å². The van der Waals surface area contributed by atoms with Gasteiger partial charge in [0.2, 0.25) is 0 Å². The molecule has 4 nitrogen and oxygen atoms in total. The van der Waals surface area contributed by atoms with Gasteiger partial charge in [-0.3, -0.25) is 12.0 Å². The van der Waals surface area contributed by atoms with Crippen molar-refractivity contribution in [3.05, 3.63) is 6.10 Å². The molecule has 0 bridgehead atoms. The SMILES string of the molecule is O=C1NCC[C-]1O.O=[C-]C[S-].[Y].[Y]. The molecule has 1 fully saturated rings. The molecule has 0 unspecified atom stereocenters. The van der Waals surface area contributed by atoms with Gasteiger partial charge in [-0.05, 0) is 6.54 Å². The van der Waals surface area contributed by atoms with Crippen molar-refractivity contribution in [2.75, 3.05) is 12.3 Å². The Balaban J connectivity index is -0.000000150.